The Morgan fingerprint density at radius 2 is 2.05 bits per heavy atom. The standard InChI is InChI=1S/C14H14ClFN2O2/c1-8-13(19)17-6-2-3-12(17)14(20)18(8)11-5-4-9(15)7-10(11)16/h4-5,7-8,12H,2-3,6H2,1H3. The van der Waals surface area contributed by atoms with E-state index in [0.29, 0.717) is 13.0 Å². The summed E-state index contributed by atoms with van der Waals surface area (Å²) in [6, 6.07) is 2.99. The van der Waals surface area contributed by atoms with Crippen LogP contribution in [0.25, 0.3) is 0 Å². The van der Waals surface area contributed by atoms with Crippen LogP contribution in [0.3, 0.4) is 0 Å². The van der Waals surface area contributed by atoms with E-state index < -0.39 is 17.9 Å². The van der Waals surface area contributed by atoms with Crippen molar-refractivity contribution in [1.29, 1.82) is 0 Å². The zero-order chi connectivity index (χ0) is 14.4. The molecule has 4 nitrogen and oxygen atoms in total. The second-order valence-corrected chi connectivity index (χ2v) is 5.61. The normalized spacial score (nSPS) is 26.1. The molecule has 1 aromatic rings. The van der Waals surface area contributed by atoms with Crippen LogP contribution < -0.4 is 4.90 Å². The SMILES string of the molecule is CC1C(=O)N2CCCC2C(=O)N1c1ccc(Cl)cc1F. The summed E-state index contributed by atoms with van der Waals surface area (Å²) in [5.74, 6) is -0.922. The van der Waals surface area contributed by atoms with Crippen molar-refractivity contribution < 1.29 is 14.0 Å². The summed E-state index contributed by atoms with van der Waals surface area (Å²) < 4.78 is 14.0. The average molecular weight is 297 g/mol. The van der Waals surface area contributed by atoms with Crippen LogP contribution in [0.15, 0.2) is 18.2 Å². The van der Waals surface area contributed by atoms with Crippen LogP contribution in [0.4, 0.5) is 10.1 Å². The van der Waals surface area contributed by atoms with Gasteiger partial charge in [-0.2, -0.15) is 0 Å². The molecule has 0 aromatic heterocycles. The Labute approximate surface area is 121 Å². The molecule has 3 rings (SSSR count). The van der Waals surface area contributed by atoms with Crippen molar-refractivity contribution in [2.75, 3.05) is 11.4 Å². The molecular formula is C14H14ClFN2O2. The van der Waals surface area contributed by atoms with Crippen LogP contribution in [0, 0.1) is 5.82 Å². The lowest BCUT2D eigenvalue weighted by Crippen LogP contribution is -2.62. The van der Waals surface area contributed by atoms with Gasteiger partial charge in [-0.3, -0.25) is 14.5 Å². The highest BCUT2D eigenvalue weighted by Crippen LogP contribution is 2.32. The number of carbonyl (C=O) groups is 2. The summed E-state index contributed by atoms with van der Waals surface area (Å²) in [4.78, 5) is 27.7. The number of fused-ring (bicyclic) bond motifs is 1. The first-order valence-corrected chi connectivity index (χ1v) is 6.97. The predicted molar refractivity (Wildman–Crippen MR) is 73.1 cm³/mol. The first-order valence-electron chi connectivity index (χ1n) is 6.59. The summed E-state index contributed by atoms with van der Waals surface area (Å²) in [5, 5.41) is 0.261. The van der Waals surface area contributed by atoms with Crippen LogP contribution in [-0.4, -0.2) is 35.3 Å². The predicted octanol–water partition coefficient (Wildman–Crippen LogP) is 2.21. The second-order valence-electron chi connectivity index (χ2n) is 5.17. The molecular weight excluding hydrogens is 283 g/mol. The average Bonchev–Trinajstić information content (AvgIpc) is 2.88. The summed E-state index contributed by atoms with van der Waals surface area (Å²) in [5.41, 5.74) is 0.117. The molecule has 0 radical (unpaired) electrons. The third kappa shape index (κ3) is 1.88. The van der Waals surface area contributed by atoms with Gasteiger partial charge < -0.3 is 4.90 Å². The fourth-order valence-electron chi connectivity index (χ4n) is 2.99. The van der Waals surface area contributed by atoms with Crippen molar-refractivity contribution >= 4 is 29.1 Å². The highest BCUT2D eigenvalue weighted by Gasteiger charge is 2.47. The van der Waals surface area contributed by atoms with Gasteiger partial charge in [0.15, 0.2) is 0 Å². The molecule has 0 spiro atoms. The lowest BCUT2D eigenvalue weighted by Gasteiger charge is -2.40. The fourth-order valence-corrected chi connectivity index (χ4v) is 3.15. The van der Waals surface area contributed by atoms with Crippen LogP contribution in [0.2, 0.25) is 5.02 Å². The molecule has 2 atom stereocenters. The van der Waals surface area contributed by atoms with Crippen LogP contribution in [0.1, 0.15) is 19.8 Å². The van der Waals surface area contributed by atoms with Gasteiger partial charge in [0.25, 0.3) is 5.91 Å². The number of benzene rings is 1. The lowest BCUT2D eigenvalue weighted by atomic mass is 10.0. The van der Waals surface area contributed by atoms with Crippen molar-refractivity contribution in [2.24, 2.45) is 0 Å². The molecule has 106 valence electrons. The number of nitrogens with zero attached hydrogens (tertiary/aromatic N) is 2. The van der Waals surface area contributed by atoms with Crippen molar-refractivity contribution in [1.82, 2.24) is 4.90 Å². The molecule has 20 heavy (non-hydrogen) atoms. The number of hydrogen-bond donors (Lipinski definition) is 0. The third-order valence-corrected chi connectivity index (χ3v) is 4.21. The molecule has 2 aliphatic rings. The fraction of sp³-hybridized carbons (Fsp3) is 0.429. The molecule has 2 heterocycles. The van der Waals surface area contributed by atoms with Gasteiger partial charge >= 0.3 is 0 Å². The van der Waals surface area contributed by atoms with E-state index in [0.717, 1.165) is 12.5 Å². The molecule has 2 amide bonds. The minimum absolute atomic E-state index is 0.117. The topological polar surface area (TPSA) is 40.6 Å². The Morgan fingerprint density at radius 3 is 2.75 bits per heavy atom. The lowest BCUT2D eigenvalue weighted by molar-refractivity contribution is -0.143. The molecule has 1 aromatic carbocycles. The molecule has 2 unspecified atom stereocenters. The second kappa shape index (κ2) is 4.74. The van der Waals surface area contributed by atoms with Crippen LogP contribution in [0.5, 0.6) is 0 Å². The summed E-state index contributed by atoms with van der Waals surface area (Å²) in [7, 11) is 0. The van der Waals surface area contributed by atoms with Gasteiger partial charge in [0.05, 0.1) is 5.69 Å². The van der Waals surface area contributed by atoms with Gasteiger partial charge in [0.1, 0.15) is 17.9 Å². The number of carbonyl (C=O) groups excluding carboxylic acids is 2. The molecule has 0 bridgehead atoms. The van der Waals surface area contributed by atoms with Gasteiger partial charge in [-0.05, 0) is 38.0 Å². The molecule has 6 heteroatoms. The van der Waals surface area contributed by atoms with Gasteiger partial charge in [0.2, 0.25) is 5.91 Å². The Morgan fingerprint density at radius 1 is 1.30 bits per heavy atom. The van der Waals surface area contributed by atoms with E-state index in [1.807, 2.05) is 0 Å². The number of amides is 2. The largest absolute Gasteiger partial charge is 0.329 e. The van der Waals surface area contributed by atoms with E-state index in [9.17, 15) is 14.0 Å². The van der Waals surface area contributed by atoms with Gasteiger partial charge in [-0.15, -0.1) is 0 Å². The number of halogens is 2. The van der Waals surface area contributed by atoms with Crippen LogP contribution in [-0.2, 0) is 9.59 Å². The Hall–Kier alpha value is -1.62. The van der Waals surface area contributed by atoms with Crippen molar-refractivity contribution in [3.8, 4) is 0 Å². The van der Waals surface area contributed by atoms with Crippen molar-refractivity contribution in [3.63, 3.8) is 0 Å². The van der Waals surface area contributed by atoms with Crippen molar-refractivity contribution in [2.45, 2.75) is 31.8 Å². The first kappa shape index (κ1) is 13.4. The minimum Gasteiger partial charge on any atom is -0.329 e. The Kier molecular flexibility index (Phi) is 3.17. The third-order valence-electron chi connectivity index (χ3n) is 3.97. The summed E-state index contributed by atoms with van der Waals surface area (Å²) in [6.45, 7) is 2.24. The maximum Gasteiger partial charge on any atom is 0.250 e. The Balaban J connectivity index is 2.03. The van der Waals surface area contributed by atoms with E-state index in [4.69, 9.17) is 11.6 Å². The van der Waals surface area contributed by atoms with E-state index >= 15 is 0 Å². The van der Waals surface area contributed by atoms with E-state index in [2.05, 4.69) is 0 Å². The van der Waals surface area contributed by atoms with Crippen LogP contribution >= 0.6 is 11.6 Å². The molecule has 2 saturated heterocycles. The highest BCUT2D eigenvalue weighted by atomic mass is 35.5. The van der Waals surface area contributed by atoms with Gasteiger partial charge in [-0.1, -0.05) is 11.6 Å². The monoisotopic (exact) mass is 296 g/mol. The zero-order valence-electron chi connectivity index (χ0n) is 11.0. The Bertz CT molecular complexity index is 593. The maximum atomic E-state index is 14.0. The molecule has 0 saturated carbocycles. The first-order chi connectivity index (χ1) is 9.50. The molecule has 0 N–H and O–H groups in total. The van der Waals surface area contributed by atoms with Gasteiger partial charge in [-0.25, -0.2) is 4.39 Å². The highest BCUT2D eigenvalue weighted by molar-refractivity contribution is 6.30. The smallest absolute Gasteiger partial charge is 0.250 e. The summed E-state index contributed by atoms with van der Waals surface area (Å²) >= 11 is 5.73. The number of rotatable bonds is 1. The quantitative estimate of drug-likeness (QED) is 0.797. The summed E-state index contributed by atoms with van der Waals surface area (Å²) in [6.07, 6.45) is 1.45. The van der Waals surface area contributed by atoms with E-state index in [-0.39, 0.29) is 22.5 Å². The molecule has 2 aliphatic heterocycles. The maximum absolute atomic E-state index is 14.0. The minimum atomic E-state index is -0.687. The number of piperazine rings is 1. The zero-order valence-corrected chi connectivity index (χ0v) is 11.7. The molecule has 0 aliphatic carbocycles. The number of anilines is 1. The molecule has 2 fully saturated rings. The van der Waals surface area contributed by atoms with Crippen molar-refractivity contribution in [3.05, 3.63) is 29.0 Å². The van der Waals surface area contributed by atoms with E-state index in [1.54, 1.807) is 11.8 Å². The van der Waals surface area contributed by atoms with Gasteiger partial charge in [0, 0.05) is 11.6 Å². The number of hydrogen-bond acceptors (Lipinski definition) is 2. The van der Waals surface area contributed by atoms with E-state index in [1.165, 1.54) is 17.0 Å².